The first kappa shape index (κ1) is 26.0. The molecular weight excluding hydrogens is 461 g/mol. The van der Waals surface area contributed by atoms with Crippen LogP contribution in [0.2, 0.25) is 0 Å². The summed E-state index contributed by atoms with van der Waals surface area (Å²) in [6, 6.07) is 11.2. The Hall–Kier alpha value is -3.58. The van der Waals surface area contributed by atoms with Crippen LogP contribution in [0.1, 0.15) is 37.0 Å². The van der Waals surface area contributed by atoms with E-state index in [9.17, 15) is 22.8 Å². The first-order chi connectivity index (χ1) is 16.4. The van der Waals surface area contributed by atoms with Gasteiger partial charge in [-0.2, -0.15) is 18.4 Å². The third-order valence-electron chi connectivity index (χ3n) is 5.73. The second-order valence-corrected chi connectivity index (χ2v) is 9.06. The van der Waals surface area contributed by atoms with E-state index in [-0.39, 0.29) is 18.8 Å². The number of ether oxygens (including phenoxy) is 1. The molecule has 0 radical (unpaired) electrons. The van der Waals surface area contributed by atoms with Crippen molar-refractivity contribution in [3.05, 3.63) is 59.2 Å². The maximum Gasteiger partial charge on any atom is 0.417 e. The minimum Gasteiger partial charge on any atom is -0.494 e. The largest absolute Gasteiger partial charge is 0.494 e. The SMILES string of the molecule is CN(C)Cc1ccc(OCCCN2C(=O)N(c3ccc(C#N)c(C(F)(F)F)c3)C(=O)C2(C)C)cc1. The van der Waals surface area contributed by atoms with Crippen molar-refractivity contribution in [2.45, 2.75) is 38.5 Å². The predicted octanol–water partition coefficient (Wildman–Crippen LogP) is 4.65. The van der Waals surface area contributed by atoms with Gasteiger partial charge in [-0.15, -0.1) is 0 Å². The molecule has 7 nitrogen and oxygen atoms in total. The summed E-state index contributed by atoms with van der Waals surface area (Å²) in [5.74, 6) is 0.0345. The highest BCUT2D eigenvalue weighted by Gasteiger charge is 2.51. The Bertz CT molecular complexity index is 1140. The molecule has 3 amide bonds. The number of halogens is 3. The Kier molecular flexibility index (Phi) is 7.41. The van der Waals surface area contributed by atoms with Crippen molar-refractivity contribution in [3.8, 4) is 11.8 Å². The molecule has 0 aromatic heterocycles. The zero-order valence-electron chi connectivity index (χ0n) is 20.0. The minimum absolute atomic E-state index is 0.176. The molecule has 2 aromatic rings. The first-order valence-electron chi connectivity index (χ1n) is 11.0. The molecule has 186 valence electrons. The Morgan fingerprint density at radius 3 is 2.31 bits per heavy atom. The van der Waals surface area contributed by atoms with E-state index in [1.54, 1.807) is 13.8 Å². The second kappa shape index (κ2) is 9.96. The van der Waals surface area contributed by atoms with E-state index in [0.717, 1.165) is 23.1 Å². The number of carbonyl (C=O) groups is 2. The summed E-state index contributed by atoms with van der Waals surface area (Å²) in [4.78, 5) is 30.2. The average Bonchev–Trinajstić information content (AvgIpc) is 2.95. The lowest BCUT2D eigenvalue weighted by Gasteiger charge is -2.27. The number of anilines is 1. The van der Waals surface area contributed by atoms with Crippen molar-refractivity contribution in [2.24, 2.45) is 0 Å². The van der Waals surface area contributed by atoms with Crippen LogP contribution in [0.3, 0.4) is 0 Å². The number of benzene rings is 2. The molecule has 1 fully saturated rings. The molecular formula is C25H27F3N4O3. The number of nitriles is 1. The zero-order valence-corrected chi connectivity index (χ0v) is 20.0. The molecule has 0 aliphatic carbocycles. The van der Waals surface area contributed by atoms with Gasteiger partial charge in [0.1, 0.15) is 11.3 Å². The van der Waals surface area contributed by atoms with Gasteiger partial charge in [-0.3, -0.25) is 4.79 Å². The quantitative estimate of drug-likeness (QED) is 0.399. The molecule has 1 aliphatic rings. The van der Waals surface area contributed by atoms with E-state index in [0.29, 0.717) is 18.2 Å². The molecule has 0 saturated carbocycles. The van der Waals surface area contributed by atoms with Gasteiger partial charge in [0.05, 0.1) is 29.5 Å². The van der Waals surface area contributed by atoms with Crippen molar-refractivity contribution in [1.29, 1.82) is 5.26 Å². The van der Waals surface area contributed by atoms with Crippen LogP contribution in [0.15, 0.2) is 42.5 Å². The van der Waals surface area contributed by atoms with Crippen molar-refractivity contribution >= 4 is 17.6 Å². The number of carbonyl (C=O) groups excluding carboxylic acids is 2. The van der Waals surface area contributed by atoms with Crippen molar-refractivity contribution < 1.29 is 27.5 Å². The molecule has 0 spiro atoms. The Balaban J connectivity index is 1.69. The molecule has 1 aliphatic heterocycles. The number of hydrogen-bond acceptors (Lipinski definition) is 5. The summed E-state index contributed by atoms with van der Waals surface area (Å²) in [6.45, 7) is 4.36. The van der Waals surface area contributed by atoms with Gasteiger partial charge in [-0.05, 0) is 70.3 Å². The summed E-state index contributed by atoms with van der Waals surface area (Å²) >= 11 is 0. The van der Waals surface area contributed by atoms with Gasteiger partial charge in [0.15, 0.2) is 0 Å². The zero-order chi connectivity index (χ0) is 26.0. The number of hydrogen-bond donors (Lipinski definition) is 0. The van der Waals surface area contributed by atoms with Crippen LogP contribution in [0, 0.1) is 11.3 Å². The number of amides is 3. The molecule has 2 aromatic carbocycles. The third kappa shape index (κ3) is 5.57. The lowest BCUT2D eigenvalue weighted by Crippen LogP contribution is -2.44. The topological polar surface area (TPSA) is 76.9 Å². The molecule has 1 saturated heterocycles. The van der Waals surface area contributed by atoms with E-state index in [2.05, 4.69) is 4.90 Å². The summed E-state index contributed by atoms with van der Waals surface area (Å²) in [7, 11) is 3.96. The van der Waals surface area contributed by atoms with Gasteiger partial charge in [-0.1, -0.05) is 12.1 Å². The smallest absolute Gasteiger partial charge is 0.417 e. The molecule has 10 heteroatoms. The highest BCUT2D eigenvalue weighted by Crippen LogP contribution is 2.37. The van der Waals surface area contributed by atoms with Crippen LogP contribution in [-0.4, -0.2) is 54.5 Å². The average molecular weight is 489 g/mol. The van der Waals surface area contributed by atoms with Crippen LogP contribution < -0.4 is 9.64 Å². The molecule has 0 atom stereocenters. The fraction of sp³-hybridized carbons (Fsp3) is 0.400. The third-order valence-corrected chi connectivity index (χ3v) is 5.73. The van der Waals surface area contributed by atoms with Crippen LogP contribution >= 0.6 is 0 Å². The van der Waals surface area contributed by atoms with Gasteiger partial charge >= 0.3 is 12.2 Å². The molecule has 0 bridgehead atoms. The van der Waals surface area contributed by atoms with Crippen LogP contribution in [0.4, 0.5) is 23.7 Å². The molecule has 3 rings (SSSR count). The highest BCUT2D eigenvalue weighted by molar-refractivity contribution is 6.23. The Morgan fingerprint density at radius 1 is 1.09 bits per heavy atom. The van der Waals surface area contributed by atoms with Gasteiger partial charge in [0, 0.05) is 13.1 Å². The molecule has 35 heavy (non-hydrogen) atoms. The molecule has 0 N–H and O–H groups in total. The summed E-state index contributed by atoms with van der Waals surface area (Å²) in [5, 5.41) is 9.00. The van der Waals surface area contributed by atoms with Gasteiger partial charge < -0.3 is 14.5 Å². The highest BCUT2D eigenvalue weighted by atomic mass is 19.4. The van der Waals surface area contributed by atoms with Crippen molar-refractivity contribution in [2.75, 3.05) is 32.1 Å². The van der Waals surface area contributed by atoms with E-state index in [4.69, 9.17) is 10.00 Å². The summed E-state index contributed by atoms with van der Waals surface area (Å²) in [6.07, 6.45) is -4.39. The summed E-state index contributed by atoms with van der Waals surface area (Å²) in [5.41, 5.74) is -2.11. The first-order valence-corrected chi connectivity index (χ1v) is 11.0. The predicted molar refractivity (Wildman–Crippen MR) is 124 cm³/mol. The number of nitrogens with zero attached hydrogens (tertiary/aromatic N) is 4. The normalized spacial score (nSPS) is 15.6. The van der Waals surface area contributed by atoms with Gasteiger partial charge in [0.25, 0.3) is 5.91 Å². The fourth-order valence-electron chi connectivity index (χ4n) is 3.91. The van der Waals surface area contributed by atoms with E-state index < -0.39 is 34.8 Å². The van der Waals surface area contributed by atoms with Gasteiger partial charge in [0.2, 0.25) is 0 Å². The van der Waals surface area contributed by atoms with Gasteiger partial charge in [-0.25, -0.2) is 9.69 Å². The maximum atomic E-state index is 13.4. The minimum atomic E-state index is -4.80. The monoisotopic (exact) mass is 488 g/mol. The van der Waals surface area contributed by atoms with Crippen LogP contribution in [0.25, 0.3) is 0 Å². The number of alkyl halides is 3. The lowest BCUT2D eigenvalue weighted by atomic mass is 10.0. The standard InChI is InChI=1S/C25H27F3N4O3/c1-24(2)22(33)32(19-9-8-18(15-29)21(14-19)25(26,27)28)23(34)31(24)12-5-13-35-20-10-6-17(7-11-20)16-30(3)4/h6-11,14H,5,12-13,16H2,1-4H3. The van der Waals surface area contributed by atoms with E-state index in [1.165, 1.54) is 17.0 Å². The Labute approximate surface area is 202 Å². The van der Waals surface area contributed by atoms with Crippen LogP contribution in [0.5, 0.6) is 5.75 Å². The number of rotatable bonds is 8. The Morgan fingerprint density at radius 2 is 1.74 bits per heavy atom. The number of imide groups is 1. The summed E-state index contributed by atoms with van der Waals surface area (Å²) < 4.78 is 45.9. The second-order valence-electron chi connectivity index (χ2n) is 9.06. The van der Waals surface area contributed by atoms with E-state index in [1.807, 2.05) is 38.4 Å². The fourth-order valence-corrected chi connectivity index (χ4v) is 3.91. The van der Waals surface area contributed by atoms with E-state index >= 15 is 0 Å². The maximum absolute atomic E-state index is 13.4. The van der Waals surface area contributed by atoms with Crippen molar-refractivity contribution in [1.82, 2.24) is 9.80 Å². The number of urea groups is 1. The molecule has 1 heterocycles. The lowest BCUT2D eigenvalue weighted by molar-refractivity contribution is -0.137. The van der Waals surface area contributed by atoms with Crippen LogP contribution in [-0.2, 0) is 17.5 Å². The molecule has 0 unspecified atom stereocenters. The van der Waals surface area contributed by atoms with Crippen molar-refractivity contribution in [3.63, 3.8) is 0 Å².